The lowest BCUT2D eigenvalue weighted by molar-refractivity contribution is 0.0946. The number of rotatable bonds is 6. The molecule has 138 valence electrons. The van der Waals surface area contributed by atoms with E-state index in [-0.39, 0.29) is 5.91 Å². The Labute approximate surface area is 159 Å². The fourth-order valence-electron chi connectivity index (χ4n) is 2.58. The van der Waals surface area contributed by atoms with Crippen molar-refractivity contribution in [1.82, 2.24) is 15.5 Å². The number of nitrogens with zero attached hydrogens (tertiary/aromatic N) is 2. The van der Waals surface area contributed by atoms with Crippen molar-refractivity contribution in [2.75, 3.05) is 13.2 Å². The van der Waals surface area contributed by atoms with Gasteiger partial charge in [-0.2, -0.15) is 0 Å². The van der Waals surface area contributed by atoms with Gasteiger partial charge in [0, 0.05) is 17.2 Å². The second kappa shape index (κ2) is 8.45. The molecule has 5 nitrogen and oxygen atoms in total. The Balaban J connectivity index is 1.48. The molecule has 1 aromatic heterocycles. The average Bonchev–Trinajstić information content (AvgIpc) is 2.68. The summed E-state index contributed by atoms with van der Waals surface area (Å²) in [5.41, 5.74) is 5.94. The molecule has 1 amide bonds. The summed E-state index contributed by atoms with van der Waals surface area (Å²) in [5, 5.41) is 11.1. The van der Waals surface area contributed by atoms with Crippen LogP contribution >= 0.6 is 0 Å². The van der Waals surface area contributed by atoms with Gasteiger partial charge in [-0.1, -0.05) is 35.9 Å². The van der Waals surface area contributed by atoms with E-state index < -0.39 is 0 Å². The molecule has 0 aliphatic carbocycles. The van der Waals surface area contributed by atoms with Crippen molar-refractivity contribution in [1.29, 1.82) is 0 Å². The smallest absolute Gasteiger partial charge is 0.251 e. The van der Waals surface area contributed by atoms with Crippen molar-refractivity contribution in [3.8, 4) is 17.1 Å². The van der Waals surface area contributed by atoms with Crippen molar-refractivity contribution in [2.24, 2.45) is 0 Å². The minimum Gasteiger partial charge on any atom is -0.475 e. The highest BCUT2D eigenvalue weighted by molar-refractivity contribution is 5.94. The normalized spacial score (nSPS) is 10.5. The van der Waals surface area contributed by atoms with Gasteiger partial charge in [0.15, 0.2) is 0 Å². The predicted molar refractivity (Wildman–Crippen MR) is 106 cm³/mol. The Bertz CT molecular complexity index is 919. The SMILES string of the molecule is Cc1ccc(-c2ccc(OCCNC(=O)c3ccc(C)c(C)c3)nn2)cc1. The Hall–Kier alpha value is -3.21. The highest BCUT2D eigenvalue weighted by Gasteiger charge is 2.06. The average molecular weight is 361 g/mol. The molecule has 27 heavy (non-hydrogen) atoms. The molecule has 0 bridgehead atoms. The number of nitrogens with one attached hydrogen (secondary N) is 1. The quantitative estimate of drug-likeness (QED) is 0.677. The zero-order chi connectivity index (χ0) is 19.2. The third-order valence-electron chi connectivity index (χ3n) is 4.39. The van der Waals surface area contributed by atoms with Crippen LogP contribution in [0.5, 0.6) is 5.88 Å². The summed E-state index contributed by atoms with van der Waals surface area (Å²) >= 11 is 0. The number of hydrogen-bond donors (Lipinski definition) is 1. The number of aromatic nitrogens is 2. The molecule has 3 rings (SSSR count). The molecule has 1 N–H and O–H groups in total. The highest BCUT2D eigenvalue weighted by Crippen LogP contribution is 2.18. The van der Waals surface area contributed by atoms with E-state index in [0.29, 0.717) is 24.6 Å². The number of carbonyl (C=O) groups is 1. The first-order valence-electron chi connectivity index (χ1n) is 8.92. The third kappa shape index (κ3) is 4.91. The first kappa shape index (κ1) is 18.6. The molecule has 0 aliphatic heterocycles. The molecular weight excluding hydrogens is 338 g/mol. The molecule has 0 saturated heterocycles. The molecule has 1 heterocycles. The molecule has 3 aromatic rings. The van der Waals surface area contributed by atoms with E-state index in [1.165, 1.54) is 11.1 Å². The zero-order valence-electron chi connectivity index (χ0n) is 15.8. The minimum absolute atomic E-state index is 0.109. The fraction of sp³-hybridized carbons (Fsp3) is 0.227. The van der Waals surface area contributed by atoms with Crippen LogP contribution < -0.4 is 10.1 Å². The van der Waals surface area contributed by atoms with Gasteiger partial charge in [-0.05, 0) is 50.1 Å². The molecule has 0 atom stereocenters. The van der Waals surface area contributed by atoms with Crippen LogP contribution in [-0.4, -0.2) is 29.3 Å². The van der Waals surface area contributed by atoms with Crippen molar-refractivity contribution in [3.63, 3.8) is 0 Å². The topological polar surface area (TPSA) is 64.1 Å². The first-order valence-corrected chi connectivity index (χ1v) is 8.92. The second-order valence-electron chi connectivity index (χ2n) is 6.53. The summed E-state index contributed by atoms with van der Waals surface area (Å²) in [4.78, 5) is 12.2. The number of amides is 1. The van der Waals surface area contributed by atoms with Gasteiger partial charge in [-0.15, -0.1) is 10.2 Å². The van der Waals surface area contributed by atoms with Crippen LogP contribution in [0, 0.1) is 20.8 Å². The van der Waals surface area contributed by atoms with Gasteiger partial charge in [0.25, 0.3) is 5.91 Å². The van der Waals surface area contributed by atoms with E-state index in [2.05, 4.69) is 15.5 Å². The zero-order valence-corrected chi connectivity index (χ0v) is 15.8. The van der Waals surface area contributed by atoms with E-state index in [4.69, 9.17) is 4.74 Å². The van der Waals surface area contributed by atoms with E-state index in [0.717, 1.165) is 16.8 Å². The molecule has 0 saturated carbocycles. The van der Waals surface area contributed by atoms with E-state index in [1.54, 1.807) is 6.07 Å². The molecular formula is C22H23N3O2. The number of aryl methyl sites for hydroxylation is 3. The standard InChI is InChI=1S/C22H23N3O2/c1-15-4-7-18(8-5-15)20-10-11-21(25-24-20)27-13-12-23-22(26)19-9-6-16(2)17(3)14-19/h4-11,14H,12-13H2,1-3H3,(H,23,26). The summed E-state index contributed by atoms with van der Waals surface area (Å²) < 4.78 is 5.56. The molecule has 2 aromatic carbocycles. The largest absolute Gasteiger partial charge is 0.475 e. The van der Waals surface area contributed by atoms with Crippen molar-refractivity contribution >= 4 is 5.91 Å². The first-order chi connectivity index (χ1) is 13.0. The Morgan fingerprint density at radius 3 is 2.37 bits per heavy atom. The van der Waals surface area contributed by atoms with E-state index in [9.17, 15) is 4.79 Å². The molecule has 0 aliphatic rings. The Kier molecular flexibility index (Phi) is 5.81. The van der Waals surface area contributed by atoms with Crippen LogP contribution in [-0.2, 0) is 0 Å². The molecule has 5 heteroatoms. The molecule has 0 fully saturated rings. The van der Waals surface area contributed by atoms with E-state index in [1.807, 2.05) is 69.3 Å². The number of ether oxygens (including phenoxy) is 1. The lowest BCUT2D eigenvalue weighted by atomic mass is 10.1. The van der Waals surface area contributed by atoms with Crippen LogP contribution in [0.1, 0.15) is 27.0 Å². The second-order valence-corrected chi connectivity index (χ2v) is 6.53. The number of hydrogen-bond acceptors (Lipinski definition) is 4. The Morgan fingerprint density at radius 2 is 1.70 bits per heavy atom. The summed E-state index contributed by atoms with van der Waals surface area (Å²) in [7, 11) is 0. The number of benzene rings is 2. The van der Waals surface area contributed by atoms with Crippen molar-refractivity contribution in [3.05, 3.63) is 76.9 Å². The van der Waals surface area contributed by atoms with Crippen LogP contribution in [0.15, 0.2) is 54.6 Å². The van der Waals surface area contributed by atoms with Gasteiger partial charge < -0.3 is 10.1 Å². The summed E-state index contributed by atoms with van der Waals surface area (Å²) in [6.45, 7) is 6.79. The van der Waals surface area contributed by atoms with Gasteiger partial charge in [-0.25, -0.2) is 0 Å². The van der Waals surface area contributed by atoms with Crippen LogP contribution in [0.2, 0.25) is 0 Å². The monoisotopic (exact) mass is 361 g/mol. The van der Waals surface area contributed by atoms with Crippen molar-refractivity contribution < 1.29 is 9.53 Å². The van der Waals surface area contributed by atoms with Gasteiger partial charge in [-0.3, -0.25) is 4.79 Å². The summed E-state index contributed by atoms with van der Waals surface area (Å²) in [6, 6.07) is 17.4. The van der Waals surface area contributed by atoms with Crippen LogP contribution in [0.4, 0.5) is 0 Å². The third-order valence-corrected chi connectivity index (χ3v) is 4.39. The fourth-order valence-corrected chi connectivity index (χ4v) is 2.58. The minimum atomic E-state index is -0.109. The molecule has 0 radical (unpaired) electrons. The van der Waals surface area contributed by atoms with Gasteiger partial charge in [0.1, 0.15) is 6.61 Å². The van der Waals surface area contributed by atoms with Gasteiger partial charge in [0.2, 0.25) is 5.88 Å². The predicted octanol–water partition coefficient (Wildman–Crippen LogP) is 3.88. The maximum atomic E-state index is 12.2. The molecule has 0 spiro atoms. The van der Waals surface area contributed by atoms with E-state index >= 15 is 0 Å². The summed E-state index contributed by atoms with van der Waals surface area (Å²) in [6.07, 6.45) is 0. The van der Waals surface area contributed by atoms with Gasteiger partial charge in [0.05, 0.1) is 12.2 Å². The highest BCUT2D eigenvalue weighted by atomic mass is 16.5. The number of carbonyl (C=O) groups excluding carboxylic acids is 1. The Morgan fingerprint density at radius 1 is 0.926 bits per heavy atom. The molecule has 0 unspecified atom stereocenters. The lowest BCUT2D eigenvalue weighted by Gasteiger charge is -2.08. The van der Waals surface area contributed by atoms with Crippen LogP contribution in [0.25, 0.3) is 11.3 Å². The lowest BCUT2D eigenvalue weighted by Crippen LogP contribution is -2.28. The van der Waals surface area contributed by atoms with Crippen molar-refractivity contribution in [2.45, 2.75) is 20.8 Å². The maximum Gasteiger partial charge on any atom is 0.251 e. The summed E-state index contributed by atoms with van der Waals surface area (Å²) in [5.74, 6) is 0.328. The van der Waals surface area contributed by atoms with Crippen LogP contribution in [0.3, 0.4) is 0 Å². The van der Waals surface area contributed by atoms with Gasteiger partial charge >= 0.3 is 0 Å². The maximum absolute atomic E-state index is 12.2.